The van der Waals surface area contributed by atoms with E-state index in [1.165, 1.54) is 5.56 Å². The monoisotopic (exact) mass is 467 g/mol. The Kier molecular flexibility index (Phi) is 7.01. The molecule has 0 unspecified atom stereocenters. The molecule has 2 aromatic rings. The molecular weight excluding hydrogens is 434 g/mol. The first kappa shape index (κ1) is 23.1. The summed E-state index contributed by atoms with van der Waals surface area (Å²) in [6.07, 6.45) is 1.59. The van der Waals surface area contributed by atoms with Gasteiger partial charge >= 0.3 is 6.03 Å². The Balaban J connectivity index is 1.18. The molecule has 3 aliphatic rings. The molecule has 3 fully saturated rings. The Morgan fingerprint density at radius 2 is 1.85 bits per heavy atom. The van der Waals surface area contributed by atoms with Gasteiger partial charge in [0.25, 0.3) is 0 Å². The van der Waals surface area contributed by atoms with Crippen LogP contribution in [-0.4, -0.2) is 73.4 Å². The molecular formula is C26H33N3O5. The van der Waals surface area contributed by atoms with E-state index in [1.807, 2.05) is 6.07 Å². The van der Waals surface area contributed by atoms with E-state index < -0.39 is 18.4 Å². The number of hydrogen-bond acceptors (Lipinski definition) is 6. The summed E-state index contributed by atoms with van der Waals surface area (Å²) >= 11 is 0. The van der Waals surface area contributed by atoms with Gasteiger partial charge in [0.2, 0.25) is 0 Å². The van der Waals surface area contributed by atoms with Crippen LogP contribution in [0.25, 0.3) is 0 Å². The lowest BCUT2D eigenvalue weighted by atomic mass is 9.87. The maximum atomic E-state index is 12.7. The Labute approximate surface area is 200 Å². The third-order valence-electron chi connectivity index (χ3n) is 7.21. The summed E-state index contributed by atoms with van der Waals surface area (Å²) in [5.41, 5.74) is 2.01. The SMILES string of the molecule is COc1ccc(NC(=O)N[C@H]2[C@H](O)[C@@H](N3CCC(Cc4ccccc4)CC3)[C@@H]3OC[C@H]2O3)cc1. The molecule has 5 atom stereocenters. The third-order valence-corrected chi connectivity index (χ3v) is 7.21. The number of amides is 2. The summed E-state index contributed by atoms with van der Waals surface area (Å²) < 4.78 is 17.1. The second-order valence-electron chi connectivity index (χ2n) is 9.38. The van der Waals surface area contributed by atoms with Crippen molar-refractivity contribution in [2.45, 2.75) is 49.8 Å². The van der Waals surface area contributed by atoms with E-state index in [1.54, 1.807) is 31.4 Å². The van der Waals surface area contributed by atoms with Crippen LogP contribution in [0.15, 0.2) is 54.6 Å². The van der Waals surface area contributed by atoms with Crippen molar-refractivity contribution >= 4 is 11.7 Å². The Morgan fingerprint density at radius 3 is 2.56 bits per heavy atom. The van der Waals surface area contributed by atoms with Gasteiger partial charge in [0.1, 0.15) is 11.9 Å². The molecule has 182 valence electrons. The van der Waals surface area contributed by atoms with Gasteiger partial charge in [-0.1, -0.05) is 30.3 Å². The van der Waals surface area contributed by atoms with Crippen LogP contribution in [0.1, 0.15) is 18.4 Å². The fourth-order valence-electron chi connectivity index (χ4n) is 5.36. The molecule has 2 aromatic carbocycles. The predicted octanol–water partition coefficient (Wildman–Crippen LogP) is 2.62. The molecule has 3 N–H and O–H groups in total. The van der Waals surface area contributed by atoms with Gasteiger partial charge in [0.05, 0.1) is 31.9 Å². The Morgan fingerprint density at radius 1 is 1.12 bits per heavy atom. The highest BCUT2D eigenvalue weighted by atomic mass is 16.7. The number of aliphatic hydroxyl groups excluding tert-OH is 1. The number of ether oxygens (including phenoxy) is 3. The smallest absolute Gasteiger partial charge is 0.319 e. The average Bonchev–Trinajstić information content (AvgIpc) is 3.29. The van der Waals surface area contributed by atoms with Gasteiger partial charge < -0.3 is 30.0 Å². The van der Waals surface area contributed by atoms with Crippen molar-refractivity contribution < 1.29 is 24.1 Å². The predicted molar refractivity (Wildman–Crippen MR) is 128 cm³/mol. The van der Waals surface area contributed by atoms with E-state index in [-0.39, 0.29) is 18.2 Å². The molecule has 3 heterocycles. The van der Waals surface area contributed by atoms with Crippen LogP contribution in [0.3, 0.4) is 0 Å². The van der Waals surface area contributed by atoms with Crippen molar-refractivity contribution in [3.63, 3.8) is 0 Å². The van der Waals surface area contributed by atoms with Crippen molar-refractivity contribution in [2.24, 2.45) is 5.92 Å². The summed E-state index contributed by atoms with van der Waals surface area (Å²) in [4.78, 5) is 15.0. The molecule has 8 nitrogen and oxygen atoms in total. The molecule has 8 heteroatoms. The van der Waals surface area contributed by atoms with Crippen LogP contribution in [-0.2, 0) is 15.9 Å². The quantitative estimate of drug-likeness (QED) is 0.605. The molecule has 0 aromatic heterocycles. The number of urea groups is 1. The van der Waals surface area contributed by atoms with Crippen LogP contribution < -0.4 is 15.4 Å². The number of piperidine rings is 1. The second-order valence-corrected chi connectivity index (χ2v) is 9.38. The van der Waals surface area contributed by atoms with E-state index in [4.69, 9.17) is 14.2 Å². The van der Waals surface area contributed by atoms with Crippen LogP contribution >= 0.6 is 0 Å². The summed E-state index contributed by atoms with van der Waals surface area (Å²) in [6, 6.07) is 16.4. The minimum absolute atomic E-state index is 0.303. The average molecular weight is 468 g/mol. The molecule has 0 aliphatic carbocycles. The number of fused-ring (bicyclic) bond motifs is 2. The van der Waals surface area contributed by atoms with Crippen LogP contribution in [0.4, 0.5) is 10.5 Å². The van der Waals surface area contributed by atoms with Crippen molar-refractivity contribution in [3.05, 3.63) is 60.2 Å². The lowest BCUT2D eigenvalue weighted by Crippen LogP contribution is -2.66. The van der Waals surface area contributed by atoms with Gasteiger partial charge in [-0.2, -0.15) is 0 Å². The number of nitrogens with zero attached hydrogens (tertiary/aromatic N) is 1. The number of rotatable bonds is 6. The number of hydrogen-bond donors (Lipinski definition) is 3. The van der Waals surface area contributed by atoms with Crippen molar-refractivity contribution in [2.75, 3.05) is 32.1 Å². The molecule has 3 aliphatic heterocycles. The van der Waals surface area contributed by atoms with E-state index in [2.05, 4.69) is 39.8 Å². The Hall–Kier alpha value is -2.65. The number of benzene rings is 2. The van der Waals surface area contributed by atoms with Crippen molar-refractivity contribution in [1.29, 1.82) is 0 Å². The standard InChI is InChI=1S/C26H33N3O5/c1-32-20-9-7-19(8-10-20)27-26(31)28-22-21-16-33-25(34-21)23(24(22)30)29-13-11-18(12-14-29)15-17-5-3-2-4-6-17/h2-10,18,21-25,30H,11-16H2,1H3,(H2,27,28,31)/t21-,22-,23-,24+,25-/m1/s1. The van der Waals surface area contributed by atoms with Crippen LogP contribution in [0.2, 0.25) is 0 Å². The Bertz CT molecular complexity index is 949. The van der Waals surface area contributed by atoms with E-state index in [0.717, 1.165) is 32.4 Å². The minimum Gasteiger partial charge on any atom is -0.497 e. The first-order valence-corrected chi connectivity index (χ1v) is 12.1. The van der Waals surface area contributed by atoms with Gasteiger partial charge in [0.15, 0.2) is 6.29 Å². The fraction of sp³-hybridized carbons (Fsp3) is 0.500. The van der Waals surface area contributed by atoms with Gasteiger partial charge in [-0.15, -0.1) is 0 Å². The lowest BCUT2D eigenvalue weighted by molar-refractivity contribution is -0.184. The fourth-order valence-corrected chi connectivity index (χ4v) is 5.36. The molecule has 0 spiro atoms. The summed E-state index contributed by atoms with van der Waals surface area (Å²) in [5, 5.41) is 17.0. The normalized spacial score (nSPS) is 29.5. The number of methoxy groups -OCH3 is 1. The molecule has 34 heavy (non-hydrogen) atoms. The maximum absolute atomic E-state index is 12.7. The number of likely N-dealkylation sites (tertiary alicyclic amines) is 1. The van der Waals surface area contributed by atoms with E-state index in [0.29, 0.717) is 24.0 Å². The second kappa shape index (κ2) is 10.3. The minimum atomic E-state index is -0.779. The molecule has 2 amide bonds. The number of aliphatic hydroxyl groups is 1. The van der Waals surface area contributed by atoms with Gasteiger partial charge in [-0.3, -0.25) is 4.90 Å². The zero-order valence-corrected chi connectivity index (χ0v) is 19.4. The lowest BCUT2D eigenvalue weighted by Gasteiger charge is -2.46. The number of carbonyl (C=O) groups is 1. The molecule has 0 saturated carbocycles. The highest BCUT2D eigenvalue weighted by Crippen LogP contribution is 2.34. The topological polar surface area (TPSA) is 92.3 Å². The van der Waals surface area contributed by atoms with Crippen molar-refractivity contribution in [3.8, 4) is 5.75 Å². The van der Waals surface area contributed by atoms with Crippen LogP contribution in [0, 0.1) is 5.92 Å². The highest BCUT2D eigenvalue weighted by molar-refractivity contribution is 5.89. The van der Waals surface area contributed by atoms with Gasteiger partial charge in [0, 0.05) is 5.69 Å². The zero-order valence-electron chi connectivity index (χ0n) is 19.4. The van der Waals surface area contributed by atoms with Gasteiger partial charge in [-0.05, 0) is 68.1 Å². The largest absolute Gasteiger partial charge is 0.497 e. The highest BCUT2D eigenvalue weighted by Gasteiger charge is 2.52. The molecule has 0 radical (unpaired) electrons. The zero-order chi connectivity index (χ0) is 23.5. The summed E-state index contributed by atoms with van der Waals surface area (Å²) in [6.45, 7) is 2.10. The number of nitrogens with one attached hydrogen (secondary N) is 2. The van der Waals surface area contributed by atoms with Crippen LogP contribution in [0.5, 0.6) is 5.75 Å². The maximum Gasteiger partial charge on any atom is 0.319 e. The summed E-state index contributed by atoms with van der Waals surface area (Å²) in [5.74, 6) is 1.34. The van der Waals surface area contributed by atoms with Gasteiger partial charge in [-0.25, -0.2) is 4.79 Å². The molecule has 5 rings (SSSR count). The third kappa shape index (κ3) is 5.05. The van der Waals surface area contributed by atoms with Crippen molar-refractivity contribution in [1.82, 2.24) is 10.2 Å². The van der Waals surface area contributed by atoms with E-state index >= 15 is 0 Å². The molecule has 3 saturated heterocycles. The number of anilines is 1. The number of carbonyl (C=O) groups excluding carboxylic acids is 1. The first-order chi connectivity index (χ1) is 16.6. The first-order valence-electron chi connectivity index (χ1n) is 12.1. The van der Waals surface area contributed by atoms with E-state index in [9.17, 15) is 9.90 Å². The summed E-state index contributed by atoms with van der Waals surface area (Å²) in [7, 11) is 1.60. The molecule has 2 bridgehead atoms.